The van der Waals surface area contributed by atoms with Gasteiger partial charge in [0.15, 0.2) is 0 Å². The van der Waals surface area contributed by atoms with Crippen molar-refractivity contribution in [3.63, 3.8) is 0 Å². The normalized spacial score (nSPS) is 15.1. The Labute approximate surface area is 137 Å². The van der Waals surface area contributed by atoms with Crippen molar-refractivity contribution < 1.29 is 0 Å². The Morgan fingerprint density at radius 1 is 0.870 bits per heavy atom. The van der Waals surface area contributed by atoms with Crippen LogP contribution in [0.3, 0.4) is 0 Å². The van der Waals surface area contributed by atoms with Crippen LogP contribution in [0.25, 0.3) is 22.2 Å². The molecule has 0 aliphatic carbocycles. The van der Waals surface area contributed by atoms with Crippen molar-refractivity contribution in [3.05, 3.63) is 54.1 Å². The second kappa shape index (κ2) is 5.99. The molecule has 0 N–H and O–H groups in total. The Balaban J connectivity index is 1.91. The lowest BCUT2D eigenvalue weighted by Gasteiger charge is -2.27. The topological polar surface area (TPSA) is 29.0 Å². The molecule has 1 aliphatic rings. The van der Waals surface area contributed by atoms with E-state index in [0.717, 1.165) is 41.2 Å². The van der Waals surface area contributed by atoms with Crippen molar-refractivity contribution in [2.24, 2.45) is 0 Å². The van der Waals surface area contributed by atoms with Gasteiger partial charge in [-0.3, -0.25) is 0 Å². The molecule has 0 saturated carbocycles. The highest BCUT2D eigenvalue weighted by atomic mass is 15.3. The summed E-state index contributed by atoms with van der Waals surface area (Å²) in [4.78, 5) is 12.1. The van der Waals surface area contributed by atoms with Crippen molar-refractivity contribution >= 4 is 16.9 Å². The molecule has 0 spiro atoms. The number of aromatic nitrogens is 2. The second-order valence-corrected chi connectivity index (χ2v) is 6.31. The van der Waals surface area contributed by atoms with Gasteiger partial charge in [0.25, 0.3) is 0 Å². The molecule has 2 heterocycles. The summed E-state index contributed by atoms with van der Waals surface area (Å²) in [6.07, 6.45) is 3.78. The summed E-state index contributed by atoms with van der Waals surface area (Å²) in [5.41, 5.74) is 4.47. The average molecular weight is 303 g/mol. The lowest BCUT2D eigenvalue weighted by Crippen LogP contribution is -2.31. The van der Waals surface area contributed by atoms with Gasteiger partial charge in [0.2, 0.25) is 5.95 Å². The number of anilines is 1. The number of fused-ring (bicyclic) bond motifs is 1. The van der Waals surface area contributed by atoms with Crippen LogP contribution in [0.2, 0.25) is 0 Å². The summed E-state index contributed by atoms with van der Waals surface area (Å²) in [5.74, 6) is 0.877. The Kier molecular flexibility index (Phi) is 3.70. The fourth-order valence-corrected chi connectivity index (χ4v) is 3.28. The minimum absolute atomic E-state index is 0.877. The largest absolute Gasteiger partial charge is 0.341 e. The summed E-state index contributed by atoms with van der Waals surface area (Å²) in [5, 5.41) is 1.13. The van der Waals surface area contributed by atoms with E-state index in [9.17, 15) is 0 Å². The maximum atomic E-state index is 4.94. The number of benzene rings is 2. The third-order valence-electron chi connectivity index (χ3n) is 4.53. The van der Waals surface area contributed by atoms with E-state index in [2.05, 4.69) is 54.3 Å². The lowest BCUT2D eigenvalue weighted by molar-refractivity contribution is 0.569. The first-order valence-corrected chi connectivity index (χ1v) is 8.40. The van der Waals surface area contributed by atoms with Crippen molar-refractivity contribution in [1.29, 1.82) is 0 Å². The number of hydrogen-bond acceptors (Lipinski definition) is 3. The summed E-state index contributed by atoms with van der Waals surface area (Å²) < 4.78 is 0. The molecule has 0 atom stereocenters. The Morgan fingerprint density at radius 3 is 2.43 bits per heavy atom. The molecule has 0 bridgehead atoms. The predicted octanol–water partition coefficient (Wildman–Crippen LogP) is 4.60. The molecule has 0 radical (unpaired) electrons. The van der Waals surface area contributed by atoms with E-state index in [1.54, 1.807) is 0 Å². The number of hydrogen-bond donors (Lipinski definition) is 0. The number of nitrogens with zero attached hydrogens (tertiary/aromatic N) is 3. The van der Waals surface area contributed by atoms with E-state index in [1.807, 2.05) is 6.07 Å². The quantitative estimate of drug-likeness (QED) is 0.693. The molecule has 1 aromatic heterocycles. The third kappa shape index (κ3) is 2.79. The lowest BCUT2D eigenvalue weighted by atomic mass is 10.1. The van der Waals surface area contributed by atoms with Crippen LogP contribution in [0.4, 0.5) is 5.95 Å². The Morgan fingerprint density at radius 2 is 1.65 bits per heavy atom. The smallest absolute Gasteiger partial charge is 0.226 e. The van der Waals surface area contributed by atoms with Crippen LogP contribution in [0.1, 0.15) is 24.8 Å². The molecule has 4 rings (SSSR count). The second-order valence-electron chi connectivity index (χ2n) is 6.31. The van der Waals surface area contributed by atoms with E-state index < -0.39 is 0 Å². The summed E-state index contributed by atoms with van der Waals surface area (Å²) in [6.45, 7) is 4.24. The Hall–Kier alpha value is -2.42. The summed E-state index contributed by atoms with van der Waals surface area (Å²) in [7, 11) is 0. The van der Waals surface area contributed by atoms with Gasteiger partial charge in [0, 0.05) is 24.0 Å². The van der Waals surface area contributed by atoms with Gasteiger partial charge in [-0.2, -0.15) is 0 Å². The van der Waals surface area contributed by atoms with E-state index in [-0.39, 0.29) is 0 Å². The van der Waals surface area contributed by atoms with Gasteiger partial charge in [-0.05, 0) is 37.8 Å². The highest BCUT2D eigenvalue weighted by Gasteiger charge is 2.17. The molecule has 0 unspecified atom stereocenters. The predicted molar refractivity (Wildman–Crippen MR) is 95.8 cm³/mol. The van der Waals surface area contributed by atoms with E-state index >= 15 is 0 Å². The minimum atomic E-state index is 0.877. The molecule has 1 fully saturated rings. The van der Waals surface area contributed by atoms with E-state index in [0.29, 0.717) is 0 Å². The molecule has 2 aromatic carbocycles. The molecule has 3 nitrogen and oxygen atoms in total. The zero-order chi connectivity index (χ0) is 15.6. The van der Waals surface area contributed by atoms with Crippen LogP contribution in [-0.2, 0) is 0 Å². The summed E-state index contributed by atoms with van der Waals surface area (Å²) >= 11 is 0. The molecule has 3 heteroatoms. The molecule has 23 heavy (non-hydrogen) atoms. The van der Waals surface area contributed by atoms with Gasteiger partial charge in [-0.25, -0.2) is 9.97 Å². The van der Waals surface area contributed by atoms with Crippen LogP contribution in [0, 0.1) is 6.92 Å². The number of rotatable bonds is 2. The molecule has 1 saturated heterocycles. The molecule has 3 aromatic rings. The highest BCUT2D eigenvalue weighted by molar-refractivity contribution is 5.93. The fourth-order valence-electron chi connectivity index (χ4n) is 3.28. The van der Waals surface area contributed by atoms with Gasteiger partial charge < -0.3 is 4.90 Å². The maximum Gasteiger partial charge on any atom is 0.226 e. The van der Waals surface area contributed by atoms with E-state index in [4.69, 9.17) is 9.97 Å². The zero-order valence-corrected chi connectivity index (χ0v) is 13.5. The van der Waals surface area contributed by atoms with Gasteiger partial charge in [-0.1, -0.05) is 42.5 Å². The van der Waals surface area contributed by atoms with Gasteiger partial charge in [0.05, 0.1) is 11.2 Å². The summed E-state index contributed by atoms with van der Waals surface area (Å²) in [6, 6.07) is 16.9. The van der Waals surface area contributed by atoms with E-state index in [1.165, 1.54) is 24.8 Å². The third-order valence-corrected chi connectivity index (χ3v) is 4.53. The highest BCUT2D eigenvalue weighted by Crippen LogP contribution is 2.29. The van der Waals surface area contributed by atoms with Gasteiger partial charge in [-0.15, -0.1) is 0 Å². The van der Waals surface area contributed by atoms with Gasteiger partial charge in [0.1, 0.15) is 0 Å². The molecule has 1 aliphatic heterocycles. The molecule has 0 amide bonds. The number of piperidine rings is 1. The van der Waals surface area contributed by atoms with Gasteiger partial charge >= 0.3 is 0 Å². The molecular formula is C20H21N3. The van der Waals surface area contributed by atoms with Crippen molar-refractivity contribution in [2.45, 2.75) is 26.2 Å². The first kappa shape index (κ1) is 14.2. The van der Waals surface area contributed by atoms with Crippen LogP contribution >= 0.6 is 0 Å². The van der Waals surface area contributed by atoms with Crippen LogP contribution in [0.15, 0.2) is 48.5 Å². The van der Waals surface area contributed by atoms with Crippen molar-refractivity contribution in [3.8, 4) is 11.3 Å². The van der Waals surface area contributed by atoms with Crippen LogP contribution < -0.4 is 4.90 Å². The monoisotopic (exact) mass is 303 g/mol. The zero-order valence-electron chi connectivity index (χ0n) is 13.5. The van der Waals surface area contributed by atoms with Crippen molar-refractivity contribution in [1.82, 2.24) is 9.97 Å². The molecule has 116 valence electrons. The fraction of sp³-hybridized carbons (Fsp3) is 0.300. The standard InChI is InChI=1S/C20H21N3/c1-15-10-11-17-18(14-15)21-20(23-12-6-3-7-13-23)22-19(17)16-8-4-2-5-9-16/h2,4-5,8-11,14H,3,6-7,12-13H2,1H3. The minimum Gasteiger partial charge on any atom is -0.341 e. The van der Waals surface area contributed by atoms with Crippen LogP contribution in [-0.4, -0.2) is 23.1 Å². The molecular weight excluding hydrogens is 282 g/mol. The Bertz CT molecular complexity index is 821. The number of aryl methyl sites for hydroxylation is 1. The SMILES string of the molecule is Cc1ccc2c(-c3ccccc3)nc(N3CCCCC3)nc2c1. The average Bonchev–Trinajstić information content (AvgIpc) is 2.62. The van der Waals surface area contributed by atoms with Crippen molar-refractivity contribution in [2.75, 3.05) is 18.0 Å². The first-order chi connectivity index (χ1) is 11.3. The maximum absolute atomic E-state index is 4.94. The van der Waals surface area contributed by atoms with Crippen LogP contribution in [0.5, 0.6) is 0 Å². The first-order valence-electron chi connectivity index (χ1n) is 8.40.